The number of aryl methyl sites for hydroxylation is 1. The molecule has 4 heteroatoms. The largest absolute Gasteiger partial charge is 0.311 e. The number of rotatable bonds is 3. The second-order valence-electron chi connectivity index (χ2n) is 5.37. The number of aromatic nitrogens is 3. The zero-order chi connectivity index (χ0) is 12.4. The molecule has 4 nitrogen and oxygen atoms in total. The molecule has 1 saturated heterocycles. The van der Waals surface area contributed by atoms with Gasteiger partial charge in [-0.2, -0.15) is 0 Å². The summed E-state index contributed by atoms with van der Waals surface area (Å²) in [5.74, 6) is 2.98. The Hall–Kier alpha value is -0.900. The van der Waals surface area contributed by atoms with E-state index in [1.54, 1.807) is 0 Å². The molecule has 0 radical (unpaired) electrons. The van der Waals surface area contributed by atoms with Crippen LogP contribution >= 0.6 is 0 Å². The molecule has 0 aromatic carbocycles. The van der Waals surface area contributed by atoms with Gasteiger partial charge in [0, 0.05) is 6.04 Å². The SMILES string of the molecule is CCC1CCNC(c2nnc(C)n2C(C)C)C1. The molecule has 0 spiro atoms. The lowest BCUT2D eigenvalue weighted by Gasteiger charge is -2.30. The van der Waals surface area contributed by atoms with E-state index in [9.17, 15) is 0 Å². The highest BCUT2D eigenvalue weighted by Crippen LogP contribution is 2.29. The average molecular weight is 236 g/mol. The summed E-state index contributed by atoms with van der Waals surface area (Å²) in [6, 6.07) is 0.820. The van der Waals surface area contributed by atoms with Crippen molar-refractivity contribution in [3.05, 3.63) is 11.6 Å². The van der Waals surface area contributed by atoms with Crippen molar-refractivity contribution in [2.45, 2.75) is 59.0 Å². The second-order valence-corrected chi connectivity index (χ2v) is 5.37. The van der Waals surface area contributed by atoms with Crippen LogP contribution in [0.1, 0.15) is 63.8 Å². The fourth-order valence-electron chi connectivity index (χ4n) is 2.83. The van der Waals surface area contributed by atoms with Crippen molar-refractivity contribution >= 4 is 0 Å². The molecule has 2 atom stereocenters. The third-order valence-electron chi connectivity index (χ3n) is 3.81. The number of nitrogens with zero attached hydrogens (tertiary/aromatic N) is 3. The van der Waals surface area contributed by atoms with Crippen molar-refractivity contribution < 1.29 is 0 Å². The zero-order valence-corrected chi connectivity index (χ0v) is 11.4. The summed E-state index contributed by atoms with van der Waals surface area (Å²) in [6.45, 7) is 9.81. The van der Waals surface area contributed by atoms with E-state index in [0.29, 0.717) is 12.1 Å². The molecule has 0 saturated carbocycles. The molecular formula is C13H24N4. The highest BCUT2D eigenvalue weighted by atomic mass is 15.3. The van der Waals surface area contributed by atoms with Gasteiger partial charge in [0.05, 0.1) is 6.04 Å². The predicted octanol–water partition coefficient (Wildman–Crippen LogP) is 2.62. The van der Waals surface area contributed by atoms with E-state index in [1.807, 2.05) is 6.92 Å². The van der Waals surface area contributed by atoms with Gasteiger partial charge in [0.25, 0.3) is 0 Å². The maximum Gasteiger partial charge on any atom is 0.150 e. The van der Waals surface area contributed by atoms with Gasteiger partial charge in [0.1, 0.15) is 11.6 Å². The van der Waals surface area contributed by atoms with Crippen LogP contribution in [0.15, 0.2) is 0 Å². The molecule has 2 unspecified atom stereocenters. The number of piperidine rings is 1. The van der Waals surface area contributed by atoms with Crippen molar-refractivity contribution in [1.29, 1.82) is 0 Å². The van der Waals surface area contributed by atoms with Crippen molar-refractivity contribution in [3.8, 4) is 0 Å². The summed E-state index contributed by atoms with van der Waals surface area (Å²) in [5.41, 5.74) is 0. The lowest BCUT2D eigenvalue weighted by molar-refractivity contribution is 0.283. The van der Waals surface area contributed by atoms with Crippen LogP contribution in [-0.2, 0) is 0 Å². The van der Waals surface area contributed by atoms with E-state index in [-0.39, 0.29) is 0 Å². The predicted molar refractivity (Wildman–Crippen MR) is 68.9 cm³/mol. The lowest BCUT2D eigenvalue weighted by Crippen LogP contribution is -2.33. The van der Waals surface area contributed by atoms with Gasteiger partial charge in [-0.1, -0.05) is 13.3 Å². The van der Waals surface area contributed by atoms with Gasteiger partial charge >= 0.3 is 0 Å². The molecule has 96 valence electrons. The third-order valence-corrected chi connectivity index (χ3v) is 3.81. The Labute approximate surface area is 104 Å². The lowest BCUT2D eigenvalue weighted by atomic mass is 9.90. The van der Waals surface area contributed by atoms with Gasteiger partial charge in [-0.3, -0.25) is 0 Å². The Morgan fingerprint density at radius 1 is 1.41 bits per heavy atom. The van der Waals surface area contributed by atoms with Gasteiger partial charge in [-0.15, -0.1) is 10.2 Å². The molecule has 2 heterocycles. The first-order valence-corrected chi connectivity index (χ1v) is 6.78. The fraction of sp³-hybridized carbons (Fsp3) is 0.846. The second kappa shape index (κ2) is 5.17. The van der Waals surface area contributed by atoms with Crippen molar-refractivity contribution in [2.24, 2.45) is 5.92 Å². The van der Waals surface area contributed by atoms with Gasteiger partial charge in [0.15, 0.2) is 0 Å². The molecule has 0 aliphatic carbocycles. The molecule has 1 aromatic heterocycles. The molecule has 1 fully saturated rings. The molecule has 1 aromatic rings. The van der Waals surface area contributed by atoms with Crippen molar-refractivity contribution in [3.63, 3.8) is 0 Å². The summed E-state index contributed by atoms with van der Waals surface area (Å²) in [6.07, 6.45) is 3.76. The zero-order valence-electron chi connectivity index (χ0n) is 11.4. The van der Waals surface area contributed by atoms with Crippen LogP contribution in [0.3, 0.4) is 0 Å². The normalized spacial score (nSPS) is 25.5. The number of hydrogen-bond donors (Lipinski definition) is 1. The van der Waals surface area contributed by atoms with Crippen molar-refractivity contribution in [1.82, 2.24) is 20.1 Å². The van der Waals surface area contributed by atoms with Crippen LogP contribution in [0.5, 0.6) is 0 Å². The van der Waals surface area contributed by atoms with Crippen molar-refractivity contribution in [2.75, 3.05) is 6.54 Å². The van der Waals surface area contributed by atoms with Crippen LogP contribution in [0, 0.1) is 12.8 Å². The number of nitrogens with one attached hydrogen (secondary N) is 1. The minimum absolute atomic E-state index is 0.386. The van der Waals surface area contributed by atoms with Crippen LogP contribution in [-0.4, -0.2) is 21.3 Å². The minimum Gasteiger partial charge on any atom is -0.311 e. The summed E-state index contributed by atoms with van der Waals surface area (Å²) in [4.78, 5) is 0. The Bertz CT molecular complexity index is 369. The van der Waals surface area contributed by atoms with Crippen LogP contribution < -0.4 is 5.32 Å². The average Bonchev–Trinajstić information content (AvgIpc) is 2.71. The quantitative estimate of drug-likeness (QED) is 0.877. The Balaban J connectivity index is 2.21. The highest BCUT2D eigenvalue weighted by Gasteiger charge is 2.26. The molecule has 17 heavy (non-hydrogen) atoms. The fourth-order valence-corrected chi connectivity index (χ4v) is 2.83. The molecule has 0 amide bonds. The summed E-state index contributed by atoms with van der Waals surface area (Å²) < 4.78 is 2.26. The van der Waals surface area contributed by atoms with Gasteiger partial charge in [-0.25, -0.2) is 0 Å². The maximum absolute atomic E-state index is 4.38. The Morgan fingerprint density at radius 3 is 2.82 bits per heavy atom. The smallest absolute Gasteiger partial charge is 0.150 e. The highest BCUT2D eigenvalue weighted by molar-refractivity contribution is 5.03. The molecule has 0 bridgehead atoms. The first kappa shape index (κ1) is 12.6. The Kier molecular flexibility index (Phi) is 3.82. The van der Waals surface area contributed by atoms with E-state index in [4.69, 9.17) is 0 Å². The van der Waals surface area contributed by atoms with E-state index < -0.39 is 0 Å². The van der Waals surface area contributed by atoms with Crippen LogP contribution in [0.2, 0.25) is 0 Å². The monoisotopic (exact) mass is 236 g/mol. The van der Waals surface area contributed by atoms with E-state index in [2.05, 4.69) is 40.9 Å². The number of hydrogen-bond acceptors (Lipinski definition) is 3. The first-order chi connectivity index (χ1) is 8.13. The molecular weight excluding hydrogens is 212 g/mol. The van der Waals surface area contributed by atoms with E-state index >= 15 is 0 Å². The van der Waals surface area contributed by atoms with Gasteiger partial charge < -0.3 is 9.88 Å². The molecule has 1 N–H and O–H groups in total. The molecule has 2 rings (SSSR count). The Morgan fingerprint density at radius 2 is 2.18 bits per heavy atom. The first-order valence-electron chi connectivity index (χ1n) is 6.78. The van der Waals surface area contributed by atoms with E-state index in [1.165, 1.54) is 19.3 Å². The summed E-state index contributed by atoms with van der Waals surface area (Å²) in [7, 11) is 0. The molecule has 1 aliphatic rings. The molecule has 1 aliphatic heterocycles. The topological polar surface area (TPSA) is 42.7 Å². The van der Waals surface area contributed by atoms with E-state index in [0.717, 1.165) is 24.1 Å². The van der Waals surface area contributed by atoms with Gasteiger partial charge in [-0.05, 0) is 46.1 Å². The summed E-state index contributed by atoms with van der Waals surface area (Å²) >= 11 is 0. The summed E-state index contributed by atoms with van der Waals surface area (Å²) in [5, 5.41) is 12.2. The standard InChI is InChI=1S/C13H24N4/c1-5-11-6-7-14-12(8-11)13-16-15-10(4)17(13)9(2)3/h9,11-12,14H,5-8H2,1-4H3. The van der Waals surface area contributed by atoms with Crippen LogP contribution in [0.25, 0.3) is 0 Å². The van der Waals surface area contributed by atoms with Gasteiger partial charge in [0.2, 0.25) is 0 Å². The maximum atomic E-state index is 4.38. The minimum atomic E-state index is 0.386. The third kappa shape index (κ3) is 2.51. The van der Waals surface area contributed by atoms with Crippen LogP contribution in [0.4, 0.5) is 0 Å².